The lowest BCUT2D eigenvalue weighted by atomic mass is 10.0. The minimum atomic E-state index is -4.10. The Morgan fingerprint density at radius 1 is 0.829 bits per heavy atom. The molecule has 220 valence electrons. The summed E-state index contributed by atoms with van der Waals surface area (Å²) in [6.45, 7) is 13.8. The summed E-state index contributed by atoms with van der Waals surface area (Å²) >= 11 is 0. The van der Waals surface area contributed by atoms with Crippen LogP contribution >= 0.6 is 0 Å². The van der Waals surface area contributed by atoms with Gasteiger partial charge in [0.1, 0.15) is 12.6 Å². The minimum absolute atomic E-state index is 0.0945. The van der Waals surface area contributed by atoms with Crippen molar-refractivity contribution in [2.24, 2.45) is 5.92 Å². The predicted molar refractivity (Wildman–Crippen MR) is 165 cm³/mol. The third-order valence-corrected chi connectivity index (χ3v) is 8.98. The fourth-order valence-corrected chi connectivity index (χ4v) is 5.81. The SMILES string of the molecule is Cc1ccc(S(=O)(=O)N(CC(=O)N(Cc2ccccc2C)[C@@H](C)C(=O)NCC(C)C)c2ccc(C(C)C)cc2)cc1. The van der Waals surface area contributed by atoms with Gasteiger partial charge in [-0.2, -0.15) is 0 Å². The summed E-state index contributed by atoms with van der Waals surface area (Å²) in [7, 11) is -4.10. The molecule has 3 aromatic rings. The first-order valence-electron chi connectivity index (χ1n) is 14.1. The van der Waals surface area contributed by atoms with E-state index in [4.69, 9.17) is 0 Å². The van der Waals surface area contributed by atoms with Gasteiger partial charge >= 0.3 is 0 Å². The second kappa shape index (κ2) is 13.8. The third-order valence-electron chi connectivity index (χ3n) is 7.19. The Morgan fingerprint density at radius 2 is 1.44 bits per heavy atom. The monoisotopic (exact) mass is 577 g/mol. The van der Waals surface area contributed by atoms with Crippen LogP contribution in [0, 0.1) is 19.8 Å². The zero-order valence-corrected chi connectivity index (χ0v) is 26.0. The van der Waals surface area contributed by atoms with E-state index >= 15 is 0 Å². The average Bonchev–Trinajstić information content (AvgIpc) is 2.93. The van der Waals surface area contributed by atoms with E-state index in [0.29, 0.717) is 12.2 Å². The number of hydrogen-bond donors (Lipinski definition) is 1. The van der Waals surface area contributed by atoms with Crippen molar-refractivity contribution < 1.29 is 18.0 Å². The van der Waals surface area contributed by atoms with Crippen LogP contribution in [0.15, 0.2) is 77.7 Å². The van der Waals surface area contributed by atoms with Crippen LogP contribution in [0.3, 0.4) is 0 Å². The number of hydrogen-bond acceptors (Lipinski definition) is 4. The van der Waals surface area contributed by atoms with Gasteiger partial charge in [-0.1, -0.05) is 81.8 Å². The van der Waals surface area contributed by atoms with Crippen molar-refractivity contribution in [3.8, 4) is 0 Å². The second-order valence-electron chi connectivity index (χ2n) is 11.3. The van der Waals surface area contributed by atoms with Gasteiger partial charge in [-0.05, 0) is 73.6 Å². The number of carbonyl (C=O) groups excluding carboxylic acids is 2. The van der Waals surface area contributed by atoms with Crippen LogP contribution in [-0.2, 0) is 26.2 Å². The molecule has 0 saturated carbocycles. The molecule has 41 heavy (non-hydrogen) atoms. The van der Waals surface area contributed by atoms with Gasteiger partial charge in [-0.25, -0.2) is 8.42 Å². The Morgan fingerprint density at radius 3 is 2.00 bits per heavy atom. The Balaban J connectivity index is 2.04. The molecule has 7 nitrogen and oxygen atoms in total. The molecule has 0 aliphatic carbocycles. The van der Waals surface area contributed by atoms with Gasteiger partial charge in [0.15, 0.2) is 0 Å². The lowest BCUT2D eigenvalue weighted by Gasteiger charge is -2.32. The number of carbonyl (C=O) groups is 2. The summed E-state index contributed by atoms with van der Waals surface area (Å²) in [4.78, 5) is 28.8. The molecule has 0 saturated heterocycles. The van der Waals surface area contributed by atoms with Gasteiger partial charge < -0.3 is 10.2 Å². The van der Waals surface area contributed by atoms with Gasteiger partial charge in [-0.3, -0.25) is 13.9 Å². The van der Waals surface area contributed by atoms with Crippen molar-refractivity contribution in [1.82, 2.24) is 10.2 Å². The molecule has 2 amide bonds. The molecule has 0 aliphatic heterocycles. The number of benzene rings is 3. The molecule has 0 radical (unpaired) electrons. The summed E-state index contributed by atoms with van der Waals surface area (Å²) in [5.41, 5.74) is 4.24. The molecular formula is C33H43N3O4S. The number of rotatable bonds is 12. The molecular weight excluding hydrogens is 534 g/mol. The van der Waals surface area contributed by atoms with E-state index in [-0.39, 0.29) is 29.2 Å². The summed E-state index contributed by atoms with van der Waals surface area (Å²) in [5, 5.41) is 2.92. The van der Waals surface area contributed by atoms with Gasteiger partial charge in [0.25, 0.3) is 10.0 Å². The number of aryl methyl sites for hydroxylation is 2. The molecule has 1 atom stereocenters. The van der Waals surface area contributed by atoms with Crippen LogP contribution in [0.5, 0.6) is 0 Å². The van der Waals surface area contributed by atoms with E-state index in [1.807, 2.05) is 64.1 Å². The van der Waals surface area contributed by atoms with Gasteiger partial charge in [0.2, 0.25) is 11.8 Å². The van der Waals surface area contributed by atoms with Crippen molar-refractivity contribution in [3.05, 3.63) is 95.1 Å². The molecule has 0 bridgehead atoms. The van der Waals surface area contributed by atoms with Crippen LogP contribution in [-0.4, -0.2) is 44.3 Å². The smallest absolute Gasteiger partial charge is 0.264 e. The molecule has 0 unspecified atom stereocenters. The van der Waals surface area contributed by atoms with Crippen molar-refractivity contribution in [2.75, 3.05) is 17.4 Å². The fraction of sp³-hybridized carbons (Fsp3) is 0.394. The highest BCUT2D eigenvalue weighted by molar-refractivity contribution is 7.92. The molecule has 0 heterocycles. The van der Waals surface area contributed by atoms with Crippen LogP contribution < -0.4 is 9.62 Å². The van der Waals surface area contributed by atoms with E-state index in [0.717, 1.165) is 26.6 Å². The van der Waals surface area contributed by atoms with Gasteiger partial charge in [-0.15, -0.1) is 0 Å². The predicted octanol–water partition coefficient (Wildman–Crippen LogP) is 5.81. The van der Waals surface area contributed by atoms with Crippen LogP contribution in [0.1, 0.15) is 62.8 Å². The number of amides is 2. The average molecular weight is 578 g/mol. The second-order valence-corrected chi connectivity index (χ2v) is 13.2. The van der Waals surface area contributed by atoms with Crippen LogP contribution in [0.2, 0.25) is 0 Å². The van der Waals surface area contributed by atoms with Crippen molar-refractivity contribution in [1.29, 1.82) is 0 Å². The van der Waals surface area contributed by atoms with Crippen LogP contribution in [0.25, 0.3) is 0 Å². The Labute approximate surface area is 245 Å². The molecule has 0 spiro atoms. The number of nitrogens with zero attached hydrogens (tertiary/aromatic N) is 2. The number of sulfonamides is 1. The van der Waals surface area contributed by atoms with E-state index in [2.05, 4.69) is 19.2 Å². The summed E-state index contributed by atoms with van der Waals surface area (Å²) in [5.74, 6) is -0.239. The maximum atomic E-state index is 14.1. The third kappa shape index (κ3) is 8.19. The first-order chi connectivity index (χ1) is 19.3. The summed E-state index contributed by atoms with van der Waals surface area (Å²) in [6, 6.07) is 20.7. The Hall–Kier alpha value is -3.65. The maximum absolute atomic E-state index is 14.1. The van der Waals surface area contributed by atoms with E-state index in [1.54, 1.807) is 43.3 Å². The normalized spacial score (nSPS) is 12.3. The fourth-order valence-electron chi connectivity index (χ4n) is 4.40. The van der Waals surface area contributed by atoms with Crippen molar-refractivity contribution in [3.63, 3.8) is 0 Å². The highest BCUT2D eigenvalue weighted by Crippen LogP contribution is 2.27. The zero-order valence-electron chi connectivity index (χ0n) is 25.2. The zero-order chi connectivity index (χ0) is 30.3. The Kier molecular flexibility index (Phi) is 10.7. The lowest BCUT2D eigenvalue weighted by Crippen LogP contribution is -2.51. The quantitative estimate of drug-likeness (QED) is 0.294. The van der Waals surface area contributed by atoms with Crippen LogP contribution in [0.4, 0.5) is 5.69 Å². The van der Waals surface area contributed by atoms with Gasteiger partial charge in [0.05, 0.1) is 10.6 Å². The summed E-state index contributed by atoms with van der Waals surface area (Å²) in [6.07, 6.45) is 0. The van der Waals surface area contributed by atoms with E-state index in [9.17, 15) is 18.0 Å². The van der Waals surface area contributed by atoms with E-state index < -0.39 is 28.5 Å². The largest absolute Gasteiger partial charge is 0.354 e. The molecule has 0 aromatic heterocycles. The highest BCUT2D eigenvalue weighted by atomic mass is 32.2. The Bertz CT molecular complexity index is 1430. The van der Waals surface area contributed by atoms with E-state index in [1.165, 1.54) is 4.90 Å². The molecule has 3 aromatic carbocycles. The highest BCUT2D eigenvalue weighted by Gasteiger charge is 2.32. The number of anilines is 1. The lowest BCUT2D eigenvalue weighted by molar-refractivity contribution is -0.139. The molecule has 0 fully saturated rings. The van der Waals surface area contributed by atoms with Gasteiger partial charge in [0, 0.05) is 13.1 Å². The molecule has 8 heteroatoms. The molecule has 0 aliphatic rings. The first-order valence-corrected chi connectivity index (χ1v) is 15.6. The standard InChI is InChI=1S/C33H43N3O4S/c1-23(2)20-34-33(38)27(7)35(21-29-11-9-8-10-26(29)6)32(37)22-36(30-16-14-28(15-17-30)24(3)4)41(39,40)31-18-12-25(5)13-19-31/h8-19,23-24,27H,20-22H2,1-7H3,(H,34,38)/t27-/m0/s1. The first kappa shape index (κ1) is 31.9. The topological polar surface area (TPSA) is 86.8 Å². The molecule has 3 rings (SSSR count). The molecule has 1 N–H and O–H groups in total. The minimum Gasteiger partial charge on any atom is -0.354 e. The maximum Gasteiger partial charge on any atom is 0.264 e. The number of nitrogens with one attached hydrogen (secondary N) is 1. The van der Waals surface area contributed by atoms with Crippen molar-refractivity contribution in [2.45, 2.75) is 71.9 Å². The summed E-state index contributed by atoms with van der Waals surface area (Å²) < 4.78 is 29.1. The van der Waals surface area contributed by atoms with Crippen molar-refractivity contribution >= 4 is 27.5 Å².